The van der Waals surface area contributed by atoms with E-state index in [-0.39, 0.29) is 0 Å². The Morgan fingerprint density at radius 3 is 2.40 bits per heavy atom. The van der Waals surface area contributed by atoms with Crippen LogP contribution in [0.4, 0.5) is 5.69 Å². The largest absolute Gasteiger partial charge is 0.497 e. The Morgan fingerprint density at radius 2 is 1.87 bits per heavy atom. The molecule has 0 amide bonds. The summed E-state index contributed by atoms with van der Waals surface area (Å²) in [6.07, 6.45) is 0. The van der Waals surface area contributed by atoms with Crippen molar-refractivity contribution in [2.45, 2.75) is 30.9 Å². The first-order valence-corrected chi connectivity index (χ1v) is 6.02. The Labute approximate surface area is 96.2 Å². The van der Waals surface area contributed by atoms with E-state index in [1.165, 1.54) is 4.90 Å². The van der Waals surface area contributed by atoms with Gasteiger partial charge in [-0.05, 0) is 18.1 Å². The highest BCUT2D eigenvalue weighted by Crippen LogP contribution is 2.31. The topological polar surface area (TPSA) is 35.2 Å². The number of benzene rings is 1. The Morgan fingerprint density at radius 1 is 1.20 bits per heavy atom. The van der Waals surface area contributed by atoms with Gasteiger partial charge < -0.3 is 10.5 Å². The molecule has 1 unspecified atom stereocenters. The number of hydrogen-bond donors (Lipinski definition) is 1. The fraction of sp³-hybridized carbons (Fsp3) is 0.500. The molecule has 0 aliphatic heterocycles. The summed E-state index contributed by atoms with van der Waals surface area (Å²) < 4.78 is 5.18. The van der Waals surface area contributed by atoms with E-state index in [4.69, 9.17) is 10.5 Å². The van der Waals surface area contributed by atoms with Crippen LogP contribution < -0.4 is 10.5 Å². The lowest BCUT2D eigenvalue weighted by Crippen LogP contribution is -2.05. The van der Waals surface area contributed by atoms with Crippen molar-refractivity contribution in [3.05, 3.63) is 18.2 Å². The molecule has 1 aromatic rings. The van der Waals surface area contributed by atoms with Crippen LogP contribution in [0.15, 0.2) is 23.1 Å². The van der Waals surface area contributed by atoms with Gasteiger partial charge in [0.25, 0.3) is 0 Å². The van der Waals surface area contributed by atoms with Gasteiger partial charge in [0.15, 0.2) is 0 Å². The van der Waals surface area contributed by atoms with Crippen molar-refractivity contribution in [1.82, 2.24) is 0 Å². The second-order valence-corrected chi connectivity index (χ2v) is 5.46. The van der Waals surface area contributed by atoms with Gasteiger partial charge in [-0.2, -0.15) is 0 Å². The van der Waals surface area contributed by atoms with Gasteiger partial charge in [-0.3, -0.25) is 0 Å². The number of nitrogens with two attached hydrogens (primary N) is 1. The number of anilines is 1. The Bertz CT molecular complexity index is 325. The molecule has 0 spiro atoms. The first kappa shape index (κ1) is 12.2. The summed E-state index contributed by atoms with van der Waals surface area (Å²) in [6.45, 7) is 6.67. The maximum Gasteiger partial charge on any atom is 0.122 e. The first-order chi connectivity index (χ1) is 7.02. The Kier molecular flexibility index (Phi) is 4.33. The fourth-order valence-corrected chi connectivity index (χ4v) is 2.22. The lowest BCUT2D eigenvalue weighted by molar-refractivity contribution is 0.414. The van der Waals surface area contributed by atoms with Crippen LogP contribution in [0.3, 0.4) is 0 Å². The SMILES string of the molecule is COc1cc(N)cc(SC(C)C(C)C)c1. The molecule has 0 bridgehead atoms. The van der Waals surface area contributed by atoms with E-state index in [2.05, 4.69) is 20.8 Å². The Balaban J connectivity index is 2.80. The third-order valence-electron chi connectivity index (χ3n) is 2.40. The van der Waals surface area contributed by atoms with Gasteiger partial charge in [0.2, 0.25) is 0 Å². The summed E-state index contributed by atoms with van der Waals surface area (Å²) in [5.74, 6) is 1.48. The van der Waals surface area contributed by atoms with Crippen LogP contribution in [0.2, 0.25) is 0 Å². The second-order valence-electron chi connectivity index (χ2n) is 4.01. The lowest BCUT2D eigenvalue weighted by Gasteiger charge is -2.15. The van der Waals surface area contributed by atoms with Crippen molar-refractivity contribution in [2.24, 2.45) is 5.92 Å². The van der Waals surface area contributed by atoms with Crippen LogP contribution >= 0.6 is 11.8 Å². The predicted molar refractivity (Wildman–Crippen MR) is 67.6 cm³/mol. The zero-order valence-corrected chi connectivity index (χ0v) is 10.6. The summed E-state index contributed by atoms with van der Waals surface area (Å²) in [5, 5.41) is 0.580. The van der Waals surface area contributed by atoms with Crippen LogP contribution in [0.25, 0.3) is 0 Å². The monoisotopic (exact) mass is 225 g/mol. The van der Waals surface area contributed by atoms with Crippen molar-refractivity contribution in [1.29, 1.82) is 0 Å². The molecule has 3 heteroatoms. The van der Waals surface area contributed by atoms with Crippen molar-refractivity contribution in [3.8, 4) is 5.75 Å². The molecule has 0 saturated heterocycles. The summed E-state index contributed by atoms with van der Waals surface area (Å²) in [6, 6.07) is 5.86. The molecule has 0 aliphatic rings. The van der Waals surface area contributed by atoms with Crippen LogP contribution in [-0.4, -0.2) is 12.4 Å². The van der Waals surface area contributed by atoms with E-state index in [9.17, 15) is 0 Å². The highest BCUT2D eigenvalue weighted by molar-refractivity contribution is 8.00. The summed E-state index contributed by atoms with van der Waals surface area (Å²) in [5.41, 5.74) is 6.55. The molecule has 0 heterocycles. The van der Waals surface area contributed by atoms with Gasteiger partial charge in [-0.15, -0.1) is 11.8 Å². The van der Waals surface area contributed by atoms with Crippen LogP contribution in [0.5, 0.6) is 5.75 Å². The molecule has 0 fully saturated rings. The van der Waals surface area contributed by atoms with Gasteiger partial charge in [0.05, 0.1) is 7.11 Å². The van der Waals surface area contributed by atoms with Crippen LogP contribution in [0.1, 0.15) is 20.8 Å². The number of thioether (sulfide) groups is 1. The van der Waals surface area contributed by atoms with Crippen molar-refractivity contribution in [3.63, 3.8) is 0 Å². The molecule has 15 heavy (non-hydrogen) atoms. The highest BCUT2D eigenvalue weighted by atomic mass is 32.2. The molecule has 84 valence electrons. The molecule has 0 saturated carbocycles. The van der Waals surface area contributed by atoms with E-state index in [1.54, 1.807) is 7.11 Å². The Hall–Kier alpha value is -0.830. The quantitative estimate of drug-likeness (QED) is 0.630. The van der Waals surface area contributed by atoms with Crippen molar-refractivity contribution >= 4 is 17.4 Å². The van der Waals surface area contributed by atoms with E-state index in [0.717, 1.165) is 11.4 Å². The number of hydrogen-bond acceptors (Lipinski definition) is 3. The molecular weight excluding hydrogens is 206 g/mol. The lowest BCUT2D eigenvalue weighted by atomic mass is 10.2. The molecule has 0 aliphatic carbocycles. The third kappa shape index (κ3) is 3.67. The van der Waals surface area contributed by atoms with E-state index in [1.807, 2.05) is 30.0 Å². The number of nitrogen functional groups attached to an aromatic ring is 1. The highest BCUT2D eigenvalue weighted by Gasteiger charge is 2.09. The van der Waals surface area contributed by atoms with Gasteiger partial charge in [-0.25, -0.2) is 0 Å². The van der Waals surface area contributed by atoms with E-state index in [0.29, 0.717) is 11.2 Å². The number of rotatable bonds is 4. The third-order valence-corrected chi connectivity index (χ3v) is 3.82. The molecule has 1 aromatic carbocycles. The predicted octanol–water partition coefficient (Wildman–Crippen LogP) is 3.41. The molecule has 0 aromatic heterocycles. The molecule has 1 rings (SSSR count). The number of methoxy groups -OCH3 is 1. The maximum atomic E-state index is 5.79. The normalized spacial score (nSPS) is 12.9. The second kappa shape index (κ2) is 5.31. The zero-order valence-electron chi connectivity index (χ0n) is 9.78. The first-order valence-electron chi connectivity index (χ1n) is 5.14. The summed E-state index contributed by atoms with van der Waals surface area (Å²) >= 11 is 1.84. The molecular formula is C12H19NOS. The van der Waals surface area contributed by atoms with Crippen molar-refractivity contribution < 1.29 is 4.74 Å². The minimum Gasteiger partial charge on any atom is -0.497 e. The minimum atomic E-state index is 0.580. The van der Waals surface area contributed by atoms with Crippen LogP contribution in [0, 0.1) is 5.92 Å². The average molecular weight is 225 g/mol. The van der Waals surface area contributed by atoms with Gasteiger partial charge >= 0.3 is 0 Å². The van der Waals surface area contributed by atoms with Gasteiger partial charge in [0.1, 0.15) is 5.75 Å². The number of ether oxygens (including phenoxy) is 1. The molecule has 0 radical (unpaired) electrons. The van der Waals surface area contributed by atoms with Crippen LogP contribution in [-0.2, 0) is 0 Å². The van der Waals surface area contributed by atoms with E-state index < -0.39 is 0 Å². The van der Waals surface area contributed by atoms with Crippen molar-refractivity contribution in [2.75, 3.05) is 12.8 Å². The summed E-state index contributed by atoms with van der Waals surface area (Å²) in [7, 11) is 1.66. The van der Waals surface area contributed by atoms with E-state index >= 15 is 0 Å². The maximum absolute atomic E-state index is 5.79. The molecule has 2 N–H and O–H groups in total. The molecule has 1 atom stereocenters. The van der Waals surface area contributed by atoms with Gasteiger partial charge in [0, 0.05) is 21.9 Å². The fourth-order valence-electron chi connectivity index (χ4n) is 1.13. The summed E-state index contributed by atoms with van der Waals surface area (Å²) in [4.78, 5) is 1.17. The zero-order chi connectivity index (χ0) is 11.4. The smallest absolute Gasteiger partial charge is 0.122 e. The average Bonchev–Trinajstić information content (AvgIpc) is 2.16. The minimum absolute atomic E-state index is 0.580. The standard InChI is InChI=1S/C12H19NOS/c1-8(2)9(3)15-12-6-10(13)5-11(7-12)14-4/h5-9H,13H2,1-4H3. The van der Waals surface area contributed by atoms with Gasteiger partial charge in [-0.1, -0.05) is 20.8 Å². The molecule has 2 nitrogen and oxygen atoms in total.